The molecule has 2 N–H and O–H groups in total. The number of unbranched alkanes of at least 4 members (excludes halogenated alkanes) is 28. The van der Waals surface area contributed by atoms with Crippen molar-refractivity contribution >= 4 is 11.9 Å². The Labute approximate surface area is 324 Å². The van der Waals surface area contributed by atoms with Crippen LogP contribution >= 0.6 is 0 Å². The minimum absolute atomic E-state index is 0.0383. The largest absolute Gasteiger partial charge is 0.460 e. The number of ether oxygens (including phenoxy) is 1. The lowest BCUT2D eigenvalue weighted by atomic mass is 10.0. The smallest absolute Gasteiger partial charge is 0.305 e. The number of hydrogen-bond acceptors (Lipinski definition) is 5. The summed E-state index contributed by atoms with van der Waals surface area (Å²) in [4.78, 5) is 27.2. The summed E-state index contributed by atoms with van der Waals surface area (Å²) in [7, 11) is 2.05. The van der Waals surface area contributed by atoms with E-state index in [0.29, 0.717) is 56.7 Å². The van der Waals surface area contributed by atoms with Crippen molar-refractivity contribution in [2.45, 2.75) is 219 Å². The van der Waals surface area contributed by atoms with Gasteiger partial charge in [0, 0.05) is 19.4 Å². The number of carbonyl (C=O) groups is 2. The summed E-state index contributed by atoms with van der Waals surface area (Å²) in [5.41, 5.74) is 0. The molecule has 0 aromatic carbocycles. The number of amides is 1. The summed E-state index contributed by atoms with van der Waals surface area (Å²) in [5.74, 6) is -0.0277. The molecule has 1 atom stereocenters. The Bertz CT molecular complexity index is 766. The molecule has 0 spiro atoms. The molecule has 0 aromatic heterocycles. The Kier molecular flexibility index (Phi) is 38.6. The third-order valence-corrected chi connectivity index (χ3v) is 11.1. The van der Waals surface area contributed by atoms with Gasteiger partial charge < -0.3 is 24.3 Å². The molecule has 0 rings (SSSR count). The molecule has 0 saturated carbocycles. The highest BCUT2D eigenvalue weighted by molar-refractivity contribution is 5.76. The van der Waals surface area contributed by atoms with E-state index in [1.165, 1.54) is 167 Å². The third-order valence-electron chi connectivity index (χ3n) is 11.1. The average Bonchev–Trinajstić information content (AvgIpc) is 3.13. The number of quaternary nitrogens is 1. The second-order valence-corrected chi connectivity index (χ2v) is 16.2. The van der Waals surface area contributed by atoms with E-state index in [1.807, 2.05) is 0 Å². The number of carbonyl (C=O) groups excluding carboxylic acids is 2. The van der Waals surface area contributed by atoms with Crippen molar-refractivity contribution in [1.82, 2.24) is 4.90 Å². The Hall–Kier alpha value is -1.18. The molecule has 52 heavy (non-hydrogen) atoms. The SMILES string of the molecule is CCCCCCCCCCCCCCCCCC(=O)OCC[N+](C)(CCO)CCN(CCO)C(=O)CCCCCCCCCCCCCCCCC. The Balaban J connectivity index is 4.00. The number of likely N-dealkylation sites (N-methyl/N-ethyl adjacent to an activating group) is 1. The lowest BCUT2D eigenvalue weighted by molar-refractivity contribution is -0.909. The fourth-order valence-corrected chi connectivity index (χ4v) is 7.32. The molecule has 0 heterocycles. The lowest BCUT2D eigenvalue weighted by Crippen LogP contribution is -2.53. The number of esters is 1. The number of nitrogens with zero attached hydrogens (tertiary/aromatic N) is 2. The topological polar surface area (TPSA) is 87.1 Å². The van der Waals surface area contributed by atoms with Crippen molar-refractivity contribution in [3.8, 4) is 0 Å². The van der Waals surface area contributed by atoms with Gasteiger partial charge in [-0.05, 0) is 12.8 Å². The molecule has 0 saturated heterocycles. The Morgan fingerprint density at radius 2 is 0.827 bits per heavy atom. The Morgan fingerprint density at radius 1 is 0.462 bits per heavy atom. The lowest BCUT2D eigenvalue weighted by Gasteiger charge is -2.36. The van der Waals surface area contributed by atoms with Crippen LogP contribution in [-0.2, 0) is 14.3 Å². The third kappa shape index (κ3) is 34.6. The first-order chi connectivity index (χ1) is 25.4. The standard InChI is InChI=1S/C45H91N2O5/c1-4-6-8-10-12-14-16-18-20-22-24-26-28-30-32-34-44(50)46(37-41-48)36-38-47(3,39-42-49)40-43-52-45(51)35-33-31-29-27-25-23-21-19-17-15-13-11-9-7-5-2/h48-49H,4-43H2,1-3H3/q+1. The van der Waals surface area contributed by atoms with Gasteiger partial charge in [0.15, 0.2) is 0 Å². The van der Waals surface area contributed by atoms with Crippen LogP contribution in [0.1, 0.15) is 219 Å². The summed E-state index contributed by atoms with van der Waals surface area (Å²) in [6.07, 6.45) is 40.1. The molecule has 0 aliphatic rings. The highest BCUT2D eigenvalue weighted by Gasteiger charge is 2.24. The van der Waals surface area contributed by atoms with E-state index in [4.69, 9.17) is 4.74 Å². The molecule has 0 aliphatic carbocycles. The summed E-state index contributed by atoms with van der Waals surface area (Å²) in [6.45, 7) is 7.52. The van der Waals surface area contributed by atoms with Gasteiger partial charge in [0.05, 0.1) is 33.4 Å². The van der Waals surface area contributed by atoms with Crippen molar-refractivity contribution in [3.05, 3.63) is 0 Å². The van der Waals surface area contributed by atoms with Crippen LogP contribution in [0.25, 0.3) is 0 Å². The van der Waals surface area contributed by atoms with Gasteiger partial charge in [-0.15, -0.1) is 0 Å². The highest BCUT2D eigenvalue weighted by Crippen LogP contribution is 2.16. The summed E-state index contributed by atoms with van der Waals surface area (Å²) in [6, 6.07) is 0. The molecule has 7 heteroatoms. The molecule has 1 unspecified atom stereocenters. The van der Waals surface area contributed by atoms with Crippen LogP contribution in [0, 0.1) is 0 Å². The minimum atomic E-state index is -0.133. The second-order valence-electron chi connectivity index (χ2n) is 16.2. The van der Waals surface area contributed by atoms with Crippen LogP contribution in [0.2, 0.25) is 0 Å². The van der Waals surface area contributed by atoms with Crippen molar-refractivity contribution in [2.75, 3.05) is 59.6 Å². The van der Waals surface area contributed by atoms with Crippen LogP contribution in [-0.4, -0.2) is 91.1 Å². The summed E-state index contributed by atoms with van der Waals surface area (Å²) >= 11 is 0. The van der Waals surface area contributed by atoms with Gasteiger partial charge in [-0.1, -0.05) is 194 Å². The quantitative estimate of drug-likeness (QED) is 0.0370. The van der Waals surface area contributed by atoms with Gasteiger partial charge in [-0.3, -0.25) is 9.59 Å². The molecular weight excluding hydrogens is 649 g/mol. The molecule has 0 radical (unpaired) electrons. The van der Waals surface area contributed by atoms with Crippen LogP contribution in [0.3, 0.4) is 0 Å². The molecular formula is C45H91N2O5+. The zero-order chi connectivity index (χ0) is 38.2. The van der Waals surface area contributed by atoms with E-state index in [1.54, 1.807) is 4.90 Å². The van der Waals surface area contributed by atoms with Crippen LogP contribution in [0.4, 0.5) is 0 Å². The van der Waals surface area contributed by atoms with E-state index in [-0.39, 0.29) is 25.1 Å². The average molecular weight is 740 g/mol. The van der Waals surface area contributed by atoms with Crippen molar-refractivity contribution in [2.24, 2.45) is 0 Å². The predicted octanol–water partition coefficient (Wildman–Crippen LogP) is 11.3. The Morgan fingerprint density at radius 3 is 1.19 bits per heavy atom. The fourth-order valence-electron chi connectivity index (χ4n) is 7.32. The highest BCUT2D eigenvalue weighted by atomic mass is 16.5. The number of aliphatic hydroxyl groups excluding tert-OH is 2. The number of hydrogen-bond donors (Lipinski definition) is 2. The first kappa shape index (κ1) is 50.8. The van der Waals surface area contributed by atoms with Gasteiger partial charge in [0.2, 0.25) is 5.91 Å². The normalized spacial score (nSPS) is 12.6. The molecule has 0 aromatic rings. The zero-order valence-corrected chi connectivity index (χ0v) is 35.3. The van der Waals surface area contributed by atoms with Gasteiger partial charge in [0.25, 0.3) is 0 Å². The van der Waals surface area contributed by atoms with Crippen molar-refractivity contribution < 1.29 is 29.0 Å². The van der Waals surface area contributed by atoms with Crippen LogP contribution in [0.15, 0.2) is 0 Å². The predicted molar refractivity (Wildman–Crippen MR) is 222 cm³/mol. The molecule has 0 fully saturated rings. The van der Waals surface area contributed by atoms with E-state index < -0.39 is 0 Å². The van der Waals surface area contributed by atoms with E-state index in [0.717, 1.165) is 25.7 Å². The monoisotopic (exact) mass is 740 g/mol. The van der Waals surface area contributed by atoms with Gasteiger partial charge >= 0.3 is 5.97 Å². The van der Waals surface area contributed by atoms with Crippen LogP contribution in [0.5, 0.6) is 0 Å². The van der Waals surface area contributed by atoms with E-state index >= 15 is 0 Å². The first-order valence-electron chi connectivity index (χ1n) is 22.9. The zero-order valence-electron chi connectivity index (χ0n) is 35.3. The molecule has 1 amide bonds. The van der Waals surface area contributed by atoms with Crippen molar-refractivity contribution in [3.63, 3.8) is 0 Å². The minimum Gasteiger partial charge on any atom is -0.460 e. The molecule has 7 nitrogen and oxygen atoms in total. The van der Waals surface area contributed by atoms with Crippen LogP contribution < -0.4 is 0 Å². The fraction of sp³-hybridized carbons (Fsp3) is 0.956. The maximum Gasteiger partial charge on any atom is 0.305 e. The second kappa shape index (κ2) is 39.5. The molecule has 310 valence electrons. The van der Waals surface area contributed by atoms with E-state index in [9.17, 15) is 19.8 Å². The molecule has 0 bridgehead atoms. The number of rotatable bonds is 42. The summed E-state index contributed by atoms with van der Waals surface area (Å²) in [5, 5.41) is 19.4. The maximum atomic E-state index is 13.0. The van der Waals surface area contributed by atoms with E-state index in [2.05, 4.69) is 20.9 Å². The van der Waals surface area contributed by atoms with Gasteiger partial charge in [0.1, 0.15) is 19.7 Å². The van der Waals surface area contributed by atoms with Gasteiger partial charge in [-0.2, -0.15) is 0 Å². The first-order valence-corrected chi connectivity index (χ1v) is 22.9. The maximum absolute atomic E-state index is 13.0. The number of aliphatic hydroxyl groups is 2. The van der Waals surface area contributed by atoms with Crippen molar-refractivity contribution in [1.29, 1.82) is 0 Å². The molecule has 0 aliphatic heterocycles. The van der Waals surface area contributed by atoms with Gasteiger partial charge in [-0.25, -0.2) is 0 Å². The summed E-state index contributed by atoms with van der Waals surface area (Å²) < 4.78 is 6.11.